The summed E-state index contributed by atoms with van der Waals surface area (Å²) in [4.78, 5) is 31.3. The highest BCUT2D eigenvalue weighted by molar-refractivity contribution is 9.11. The average Bonchev–Trinajstić information content (AvgIpc) is 2.77. The van der Waals surface area contributed by atoms with Gasteiger partial charge in [0.2, 0.25) is 11.8 Å². The number of halogens is 2. The summed E-state index contributed by atoms with van der Waals surface area (Å²) in [6.07, 6.45) is 0.117. The Balaban J connectivity index is 2.09. The number of carbonyl (C=O) groups excluding carboxylic acids is 2. The lowest BCUT2D eigenvalue weighted by molar-refractivity contribution is -0.129. The molecule has 2 amide bonds. The van der Waals surface area contributed by atoms with Crippen LogP contribution in [0.3, 0.4) is 0 Å². The van der Waals surface area contributed by atoms with Gasteiger partial charge in [-0.25, -0.2) is 0 Å². The molecule has 1 fully saturated rings. The molecule has 5 nitrogen and oxygen atoms in total. The minimum atomic E-state index is -0.436. The van der Waals surface area contributed by atoms with Crippen LogP contribution < -0.4 is 5.32 Å². The molecule has 136 valence electrons. The van der Waals surface area contributed by atoms with Crippen LogP contribution in [-0.4, -0.2) is 39.2 Å². The fourth-order valence-electron chi connectivity index (χ4n) is 2.36. The van der Waals surface area contributed by atoms with Gasteiger partial charge in [0, 0.05) is 27.4 Å². The fourth-order valence-corrected chi connectivity index (χ4v) is 4.90. The zero-order chi connectivity index (χ0) is 18.7. The molecule has 1 aromatic carbocycles. The molecule has 1 aromatic rings. The average molecular weight is 491 g/mol. The van der Waals surface area contributed by atoms with E-state index < -0.39 is 5.25 Å². The summed E-state index contributed by atoms with van der Waals surface area (Å²) in [7, 11) is 0. The first-order chi connectivity index (χ1) is 11.7. The number of benzene rings is 1. The number of nitrogens with zero attached hydrogens (tertiary/aromatic N) is 2. The number of nitrogens with one attached hydrogen (secondary N) is 1. The largest absolute Gasteiger partial charge is 0.325 e. The van der Waals surface area contributed by atoms with Crippen LogP contribution in [0.4, 0.5) is 5.69 Å². The normalized spacial score (nSPS) is 19.4. The van der Waals surface area contributed by atoms with Crippen molar-refractivity contribution in [1.82, 2.24) is 4.90 Å². The number of rotatable bonds is 5. The van der Waals surface area contributed by atoms with Gasteiger partial charge >= 0.3 is 0 Å². The van der Waals surface area contributed by atoms with E-state index in [0.717, 1.165) is 8.95 Å². The lowest BCUT2D eigenvalue weighted by Gasteiger charge is -2.21. The van der Waals surface area contributed by atoms with Crippen molar-refractivity contribution in [2.45, 2.75) is 51.4 Å². The van der Waals surface area contributed by atoms with Crippen LogP contribution in [-0.2, 0) is 9.59 Å². The number of carbonyl (C=O) groups is 2. The fraction of sp³-hybridized carbons (Fsp3) is 0.471. The monoisotopic (exact) mass is 489 g/mol. The number of hydrogen-bond donors (Lipinski definition) is 1. The van der Waals surface area contributed by atoms with Crippen LogP contribution in [0.25, 0.3) is 0 Å². The summed E-state index contributed by atoms with van der Waals surface area (Å²) in [6, 6.07) is 5.64. The third-order valence-electron chi connectivity index (χ3n) is 3.43. The van der Waals surface area contributed by atoms with Gasteiger partial charge in [-0.15, -0.1) is 0 Å². The molecular formula is C17H21Br2N3O2S. The molecule has 0 bridgehead atoms. The topological polar surface area (TPSA) is 61.8 Å². The summed E-state index contributed by atoms with van der Waals surface area (Å²) in [6.45, 7) is 7.86. The number of aliphatic imine (C=N–C) groups is 1. The van der Waals surface area contributed by atoms with Crippen molar-refractivity contribution in [3.63, 3.8) is 0 Å². The lowest BCUT2D eigenvalue weighted by Crippen LogP contribution is -2.38. The van der Waals surface area contributed by atoms with E-state index >= 15 is 0 Å². The van der Waals surface area contributed by atoms with Crippen molar-refractivity contribution in [1.29, 1.82) is 0 Å². The standard InChI is InChI=1S/C17H21Br2N3O2S/c1-9(2)20-17-22(10(3)4)16(24)14(25-17)8-15(23)21-13-6-5-11(18)7-12(13)19/h5-7,9-10,14H,8H2,1-4H3,(H,21,23)/t14-/m1/s1. The van der Waals surface area contributed by atoms with Crippen LogP contribution in [0, 0.1) is 0 Å². The lowest BCUT2D eigenvalue weighted by atomic mass is 10.2. The number of hydrogen-bond acceptors (Lipinski definition) is 4. The predicted octanol–water partition coefficient (Wildman–Crippen LogP) is 4.66. The molecule has 0 spiro atoms. The van der Waals surface area contributed by atoms with Gasteiger partial charge in [0.25, 0.3) is 0 Å². The van der Waals surface area contributed by atoms with E-state index in [0.29, 0.717) is 10.9 Å². The van der Waals surface area contributed by atoms with Crippen LogP contribution >= 0.6 is 43.6 Å². The summed E-state index contributed by atoms with van der Waals surface area (Å²) < 4.78 is 1.70. The second-order valence-electron chi connectivity index (χ2n) is 6.29. The second kappa shape index (κ2) is 8.68. The van der Waals surface area contributed by atoms with E-state index in [1.807, 2.05) is 45.9 Å². The van der Waals surface area contributed by atoms with Gasteiger partial charge in [0.15, 0.2) is 5.17 Å². The number of anilines is 1. The Morgan fingerprint density at radius 2 is 2.00 bits per heavy atom. The van der Waals surface area contributed by atoms with Crippen LogP contribution in [0.2, 0.25) is 0 Å². The van der Waals surface area contributed by atoms with Crippen molar-refractivity contribution in [2.75, 3.05) is 5.32 Å². The van der Waals surface area contributed by atoms with Gasteiger partial charge < -0.3 is 5.32 Å². The molecule has 0 radical (unpaired) electrons. The molecule has 1 saturated heterocycles. The third kappa shape index (κ3) is 5.31. The smallest absolute Gasteiger partial charge is 0.242 e. The summed E-state index contributed by atoms with van der Waals surface area (Å²) >= 11 is 8.17. The first-order valence-electron chi connectivity index (χ1n) is 8.01. The second-order valence-corrected chi connectivity index (χ2v) is 9.23. The molecule has 1 atom stereocenters. The minimum absolute atomic E-state index is 0.0196. The molecule has 0 aliphatic carbocycles. The quantitative estimate of drug-likeness (QED) is 0.652. The van der Waals surface area contributed by atoms with E-state index in [9.17, 15) is 9.59 Å². The van der Waals surface area contributed by atoms with E-state index in [1.54, 1.807) is 4.90 Å². The van der Waals surface area contributed by atoms with E-state index in [-0.39, 0.29) is 30.3 Å². The molecule has 2 rings (SSSR count). The molecule has 0 unspecified atom stereocenters. The Kier molecular flexibility index (Phi) is 7.10. The van der Waals surface area contributed by atoms with Gasteiger partial charge in [0.1, 0.15) is 5.25 Å². The molecule has 1 aliphatic heterocycles. The zero-order valence-electron chi connectivity index (χ0n) is 14.5. The molecule has 0 aromatic heterocycles. The first-order valence-corrected chi connectivity index (χ1v) is 10.5. The molecule has 1 aliphatic rings. The first kappa shape index (κ1) is 20.5. The van der Waals surface area contributed by atoms with Crippen LogP contribution in [0.5, 0.6) is 0 Å². The van der Waals surface area contributed by atoms with E-state index in [4.69, 9.17) is 0 Å². The third-order valence-corrected chi connectivity index (χ3v) is 5.74. The van der Waals surface area contributed by atoms with Gasteiger partial charge in [-0.2, -0.15) is 0 Å². The number of amidine groups is 1. The highest BCUT2D eigenvalue weighted by atomic mass is 79.9. The van der Waals surface area contributed by atoms with Crippen molar-refractivity contribution >= 4 is 66.3 Å². The highest BCUT2D eigenvalue weighted by Crippen LogP contribution is 2.32. The molecule has 1 heterocycles. The van der Waals surface area contributed by atoms with Crippen molar-refractivity contribution < 1.29 is 9.59 Å². The maximum absolute atomic E-state index is 12.7. The van der Waals surface area contributed by atoms with Gasteiger partial charge in [0.05, 0.1) is 5.69 Å². The Morgan fingerprint density at radius 1 is 1.32 bits per heavy atom. The van der Waals surface area contributed by atoms with Gasteiger partial charge in [-0.05, 0) is 61.8 Å². The number of amides is 2. The molecule has 0 saturated carbocycles. The van der Waals surface area contributed by atoms with Crippen molar-refractivity contribution in [3.05, 3.63) is 27.1 Å². The van der Waals surface area contributed by atoms with Crippen molar-refractivity contribution in [3.8, 4) is 0 Å². The minimum Gasteiger partial charge on any atom is -0.325 e. The Labute approximate surface area is 169 Å². The molecule has 1 N–H and O–H groups in total. The molecular weight excluding hydrogens is 470 g/mol. The number of thioether (sulfide) groups is 1. The molecule has 8 heteroatoms. The van der Waals surface area contributed by atoms with Gasteiger partial charge in [-0.1, -0.05) is 27.7 Å². The van der Waals surface area contributed by atoms with E-state index in [2.05, 4.69) is 42.2 Å². The summed E-state index contributed by atoms with van der Waals surface area (Å²) in [5.74, 6) is -0.243. The Hall–Kier alpha value is -0.860. The van der Waals surface area contributed by atoms with Crippen molar-refractivity contribution in [2.24, 2.45) is 4.99 Å². The molecule has 25 heavy (non-hydrogen) atoms. The summed E-state index contributed by atoms with van der Waals surface area (Å²) in [5, 5.41) is 3.12. The maximum atomic E-state index is 12.7. The zero-order valence-corrected chi connectivity index (χ0v) is 18.5. The van der Waals surface area contributed by atoms with Gasteiger partial charge in [-0.3, -0.25) is 19.5 Å². The maximum Gasteiger partial charge on any atom is 0.242 e. The summed E-state index contributed by atoms with van der Waals surface area (Å²) in [5.41, 5.74) is 0.681. The Bertz CT molecular complexity index is 707. The van der Waals surface area contributed by atoms with Crippen LogP contribution in [0.1, 0.15) is 34.1 Å². The van der Waals surface area contributed by atoms with Crippen LogP contribution in [0.15, 0.2) is 32.1 Å². The SMILES string of the molecule is CC(C)N=C1S[C@H](CC(=O)Nc2ccc(Br)cc2Br)C(=O)N1C(C)C. The highest BCUT2D eigenvalue weighted by Gasteiger charge is 2.40. The van der Waals surface area contributed by atoms with E-state index in [1.165, 1.54) is 11.8 Å². The Morgan fingerprint density at radius 3 is 2.56 bits per heavy atom. The predicted molar refractivity (Wildman–Crippen MR) is 111 cm³/mol.